The number of hydrogen-bond donors (Lipinski definition) is 0. The summed E-state index contributed by atoms with van der Waals surface area (Å²) >= 11 is 0. The van der Waals surface area contributed by atoms with E-state index < -0.39 is 12.1 Å². The molecule has 1 aliphatic heterocycles. The van der Waals surface area contributed by atoms with E-state index in [1.54, 1.807) is 12.1 Å². The van der Waals surface area contributed by atoms with E-state index >= 15 is 0 Å². The van der Waals surface area contributed by atoms with Gasteiger partial charge in [0.2, 0.25) is 5.82 Å². The lowest BCUT2D eigenvalue weighted by Crippen LogP contribution is -2.35. The number of halogens is 3. The molecular weight excluding hydrogens is 361 g/mol. The summed E-state index contributed by atoms with van der Waals surface area (Å²) in [4.78, 5) is 15.0. The Bertz CT molecular complexity index is 767. The molecule has 0 spiro atoms. The second kappa shape index (κ2) is 8.21. The first-order valence-electron chi connectivity index (χ1n) is 8.96. The van der Waals surface area contributed by atoms with Crippen LogP contribution in [0.15, 0.2) is 28.8 Å². The molecule has 1 aromatic carbocycles. The Morgan fingerprint density at radius 3 is 2.48 bits per heavy atom. The molecule has 0 bridgehead atoms. The minimum absolute atomic E-state index is 0.0913. The van der Waals surface area contributed by atoms with Gasteiger partial charge in [-0.1, -0.05) is 36.3 Å². The largest absolute Gasteiger partial charge is 0.471 e. The summed E-state index contributed by atoms with van der Waals surface area (Å²) in [6.45, 7) is 3.29. The zero-order valence-corrected chi connectivity index (χ0v) is 15.0. The summed E-state index contributed by atoms with van der Waals surface area (Å²) in [6.07, 6.45) is -1.92. The Morgan fingerprint density at radius 1 is 1.26 bits per heavy atom. The number of carbonyl (C=O) groups excluding carboxylic acids is 1. The van der Waals surface area contributed by atoms with Crippen molar-refractivity contribution in [1.29, 1.82) is 0 Å². The first-order chi connectivity index (χ1) is 12.9. The molecule has 5 nitrogen and oxygen atoms in total. The molecule has 146 valence electrons. The lowest BCUT2D eigenvalue weighted by Gasteiger charge is -2.34. The molecule has 3 rings (SSSR count). The van der Waals surface area contributed by atoms with Crippen LogP contribution in [0.2, 0.25) is 0 Å². The first kappa shape index (κ1) is 19.5. The number of alkyl halides is 3. The highest BCUT2D eigenvalue weighted by Crippen LogP contribution is 2.31. The fourth-order valence-electron chi connectivity index (χ4n) is 3.10. The molecule has 27 heavy (non-hydrogen) atoms. The Hall–Kier alpha value is -2.22. The van der Waals surface area contributed by atoms with Gasteiger partial charge in [0, 0.05) is 24.3 Å². The van der Waals surface area contributed by atoms with Crippen molar-refractivity contribution in [1.82, 2.24) is 10.1 Å². The third-order valence-electron chi connectivity index (χ3n) is 4.90. The zero-order valence-electron chi connectivity index (χ0n) is 15.0. The Morgan fingerprint density at radius 2 is 1.96 bits per heavy atom. The van der Waals surface area contributed by atoms with Crippen LogP contribution in [-0.4, -0.2) is 29.1 Å². The average Bonchev–Trinajstić information content (AvgIpc) is 3.09. The number of rotatable bonds is 8. The van der Waals surface area contributed by atoms with E-state index in [0.717, 1.165) is 18.4 Å². The monoisotopic (exact) mass is 382 g/mol. The Kier molecular flexibility index (Phi) is 5.94. The van der Waals surface area contributed by atoms with Crippen molar-refractivity contribution in [2.45, 2.75) is 38.8 Å². The molecule has 0 aliphatic carbocycles. The lowest BCUT2D eigenvalue weighted by atomic mass is 9.81. The van der Waals surface area contributed by atoms with Crippen LogP contribution >= 0.6 is 0 Å². The van der Waals surface area contributed by atoms with Crippen LogP contribution in [0.25, 0.3) is 11.4 Å². The van der Waals surface area contributed by atoms with E-state index in [2.05, 4.69) is 14.7 Å². The second-order valence-corrected chi connectivity index (χ2v) is 6.81. The van der Waals surface area contributed by atoms with Gasteiger partial charge in [0.15, 0.2) is 0 Å². The van der Waals surface area contributed by atoms with Crippen molar-refractivity contribution in [3.05, 3.63) is 35.7 Å². The standard InChI is InChI=1S/C19H21F3N2O3/c1-2-16(25)8-7-14(15-10-26-11-15)9-12-3-5-13(6-4-12)17-23-18(27-24-17)19(20,21)22/h3-6,14-15H,2,7-11H2,1H3. The third kappa shape index (κ3) is 4.94. The van der Waals surface area contributed by atoms with Crippen LogP contribution < -0.4 is 0 Å². The number of hydrogen-bond acceptors (Lipinski definition) is 5. The van der Waals surface area contributed by atoms with E-state index in [-0.39, 0.29) is 11.6 Å². The first-order valence-corrected chi connectivity index (χ1v) is 8.96. The molecule has 0 saturated carbocycles. The van der Waals surface area contributed by atoms with Gasteiger partial charge >= 0.3 is 12.1 Å². The second-order valence-electron chi connectivity index (χ2n) is 6.81. The van der Waals surface area contributed by atoms with Crippen LogP contribution in [-0.2, 0) is 22.1 Å². The fourth-order valence-corrected chi connectivity index (χ4v) is 3.10. The lowest BCUT2D eigenvalue weighted by molar-refractivity contribution is -0.159. The van der Waals surface area contributed by atoms with Gasteiger partial charge in [0.05, 0.1) is 13.2 Å². The topological polar surface area (TPSA) is 65.2 Å². The van der Waals surface area contributed by atoms with E-state index in [1.165, 1.54) is 0 Å². The minimum Gasteiger partial charge on any atom is -0.381 e. The highest BCUT2D eigenvalue weighted by Gasteiger charge is 2.38. The number of nitrogens with zero attached hydrogens (tertiary/aromatic N) is 2. The number of ketones is 1. The normalized spacial score (nSPS) is 16.1. The van der Waals surface area contributed by atoms with Crippen molar-refractivity contribution in [2.75, 3.05) is 13.2 Å². The number of Topliss-reactive ketones (excluding diaryl/α,β-unsaturated/α-hetero) is 1. The summed E-state index contributed by atoms with van der Waals surface area (Å²) in [5.74, 6) is -0.394. The molecule has 2 heterocycles. The summed E-state index contributed by atoms with van der Waals surface area (Å²) in [6, 6.07) is 7.08. The Balaban J connectivity index is 1.66. The molecule has 1 aromatic heterocycles. The third-order valence-corrected chi connectivity index (χ3v) is 4.90. The predicted octanol–water partition coefficient (Wildman–Crippen LogP) is 4.32. The molecule has 1 aliphatic rings. The molecule has 1 atom stereocenters. The Labute approximate surface area is 154 Å². The summed E-state index contributed by atoms with van der Waals surface area (Å²) in [5.41, 5.74) is 1.52. The smallest absolute Gasteiger partial charge is 0.381 e. The maximum Gasteiger partial charge on any atom is 0.471 e. The number of benzene rings is 1. The number of aromatic nitrogens is 2. The van der Waals surface area contributed by atoms with Gasteiger partial charge in [0.25, 0.3) is 0 Å². The van der Waals surface area contributed by atoms with Gasteiger partial charge in [-0.2, -0.15) is 18.2 Å². The summed E-state index contributed by atoms with van der Waals surface area (Å²) in [7, 11) is 0. The van der Waals surface area contributed by atoms with Crippen LogP contribution in [0.1, 0.15) is 37.6 Å². The van der Waals surface area contributed by atoms with Crippen LogP contribution in [0.3, 0.4) is 0 Å². The molecular formula is C19H21F3N2O3. The minimum atomic E-state index is -4.65. The van der Waals surface area contributed by atoms with Crippen molar-refractivity contribution >= 4 is 5.78 Å². The van der Waals surface area contributed by atoms with Gasteiger partial charge in [0.1, 0.15) is 5.78 Å². The van der Waals surface area contributed by atoms with Crippen LogP contribution in [0.4, 0.5) is 13.2 Å². The average molecular weight is 382 g/mol. The van der Waals surface area contributed by atoms with Crippen molar-refractivity contribution in [3.63, 3.8) is 0 Å². The highest BCUT2D eigenvalue weighted by atomic mass is 19.4. The van der Waals surface area contributed by atoms with Crippen LogP contribution in [0.5, 0.6) is 0 Å². The van der Waals surface area contributed by atoms with E-state index in [9.17, 15) is 18.0 Å². The van der Waals surface area contributed by atoms with Gasteiger partial charge in [-0.15, -0.1) is 0 Å². The number of ether oxygens (including phenoxy) is 1. The van der Waals surface area contributed by atoms with Crippen molar-refractivity contribution < 1.29 is 27.2 Å². The molecule has 0 N–H and O–H groups in total. The molecule has 1 saturated heterocycles. The molecule has 1 unspecified atom stereocenters. The number of carbonyl (C=O) groups is 1. The van der Waals surface area contributed by atoms with Gasteiger partial charge in [-0.25, -0.2) is 0 Å². The van der Waals surface area contributed by atoms with Crippen molar-refractivity contribution in [2.24, 2.45) is 11.8 Å². The fraction of sp³-hybridized carbons (Fsp3) is 0.526. The molecule has 8 heteroatoms. The van der Waals surface area contributed by atoms with E-state index in [0.29, 0.717) is 43.5 Å². The van der Waals surface area contributed by atoms with E-state index in [1.807, 2.05) is 19.1 Å². The molecule has 1 fully saturated rings. The van der Waals surface area contributed by atoms with Gasteiger partial charge < -0.3 is 9.26 Å². The zero-order chi connectivity index (χ0) is 19.4. The highest BCUT2D eigenvalue weighted by molar-refractivity contribution is 5.77. The summed E-state index contributed by atoms with van der Waals surface area (Å²) < 4.78 is 47.2. The van der Waals surface area contributed by atoms with Crippen molar-refractivity contribution in [3.8, 4) is 11.4 Å². The predicted molar refractivity (Wildman–Crippen MR) is 90.8 cm³/mol. The molecule has 2 aromatic rings. The molecule has 0 amide bonds. The van der Waals surface area contributed by atoms with E-state index in [4.69, 9.17) is 4.74 Å². The SMILES string of the molecule is CCC(=O)CCC(Cc1ccc(-c2noc(C(F)(F)F)n2)cc1)C1COC1. The van der Waals surface area contributed by atoms with Crippen LogP contribution in [0, 0.1) is 11.8 Å². The maximum absolute atomic E-state index is 12.6. The quantitative estimate of drug-likeness (QED) is 0.680. The van der Waals surface area contributed by atoms with Gasteiger partial charge in [-0.05, 0) is 24.3 Å². The summed E-state index contributed by atoms with van der Waals surface area (Å²) in [5, 5.41) is 3.39. The van der Waals surface area contributed by atoms with Gasteiger partial charge in [-0.3, -0.25) is 4.79 Å². The maximum atomic E-state index is 12.6. The molecule has 0 radical (unpaired) electrons.